The largest absolute Gasteiger partial charge is 0.398 e. The zero-order chi connectivity index (χ0) is 12.3. The Hall–Kier alpha value is -1.75. The third kappa shape index (κ3) is 2.87. The highest BCUT2D eigenvalue weighted by atomic mass is 35.5. The van der Waals surface area contributed by atoms with Gasteiger partial charge >= 0.3 is 0 Å². The highest BCUT2D eigenvalue weighted by molar-refractivity contribution is 6.31. The lowest BCUT2D eigenvalue weighted by atomic mass is 10.1. The number of carbonyl (C=O) groups is 2. The Kier molecular flexibility index (Phi) is 3.73. The lowest BCUT2D eigenvalue weighted by molar-refractivity contribution is -0.119. The molecule has 0 fully saturated rings. The average molecular weight is 242 g/mol. The molecule has 4 N–H and O–H groups in total. The quantitative estimate of drug-likeness (QED) is 0.507. The molecule has 5 nitrogen and oxygen atoms in total. The van der Waals surface area contributed by atoms with Crippen LogP contribution in [0.3, 0.4) is 0 Å². The maximum Gasteiger partial charge on any atom is 0.271 e. The Morgan fingerprint density at radius 1 is 1.31 bits per heavy atom. The Bertz CT molecular complexity index is 446. The maximum absolute atomic E-state index is 11.6. The molecule has 1 aromatic carbocycles. The van der Waals surface area contributed by atoms with Gasteiger partial charge in [0.2, 0.25) is 5.91 Å². The minimum absolute atomic E-state index is 0.235. The summed E-state index contributed by atoms with van der Waals surface area (Å²) in [7, 11) is 0. The molecule has 0 heterocycles. The summed E-state index contributed by atoms with van der Waals surface area (Å²) in [5, 5.41) is 0.416. The summed E-state index contributed by atoms with van der Waals surface area (Å²) >= 11 is 5.81. The number of carbonyl (C=O) groups excluding carboxylic acids is 2. The molecule has 1 rings (SSSR count). The zero-order valence-electron chi connectivity index (χ0n) is 8.93. The monoisotopic (exact) mass is 241 g/mol. The van der Waals surface area contributed by atoms with E-state index in [-0.39, 0.29) is 11.5 Å². The summed E-state index contributed by atoms with van der Waals surface area (Å²) in [4.78, 5) is 22.2. The van der Waals surface area contributed by atoms with Gasteiger partial charge in [0.25, 0.3) is 5.91 Å². The van der Waals surface area contributed by atoms with E-state index in [2.05, 4.69) is 10.9 Å². The first kappa shape index (κ1) is 12.3. The van der Waals surface area contributed by atoms with Crippen LogP contribution in [0.25, 0.3) is 0 Å². The van der Waals surface area contributed by atoms with Gasteiger partial charge in [-0.3, -0.25) is 20.4 Å². The van der Waals surface area contributed by atoms with Crippen molar-refractivity contribution in [1.29, 1.82) is 0 Å². The van der Waals surface area contributed by atoms with Gasteiger partial charge in [0.1, 0.15) is 0 Å². The number of amides is 2. The van der Waals surface area contributed by atoms with E-state index in [4.69, 9.17) is 17.3 Å². The Balaban J connectivity index is 2.95. The molecule has 6 heteroatoms. The third-order valence-corrected chi connectivity index (χ3v) is 2.17. The van der Waals surface area contributed by atoms with Crippen LogP contribution in [-0.2, 0) is 4.79 Å². The van der Waals surface area contributed by atoms with Gasteiger partial charge in [0.15, 0.2) is 0 Å². The van der Waals surface area contributed by atoms with Crippen molar-refractivity contribution in [2.75, 3.05) is 5.73 Å². The molecule has 86 valence electrons. The molecule has 0 atom stereocenters. The van der Waals surface area contributed by atoms with Crippen molar-refractivity contribution in [1.82, 2.24) is 10.9 Å². The summed E-state index contributed by atoms with van der Waals surface area (Å²) in [5.74, 6) is -0.871. The summed E-state index contributed by atoms with van der Waals surface area (Å²) in [6, 6.07) is 3.10. The fraction of sp³-hybridized carbons (Fsp3) is 0.200. The smallest absolute Gasteiger partial charge is 0.271 e. The molecule has 0 aliphatic carbocycles. The number of rotatable bonds is 1. The van der Waals surface area contributed by atoms with E-state index in [1.165, 1.54) is 13.0 Å². The van der Waals surface area contributed by atoms with E-state index in [0.717, 1.165) is 0 Å². The number of hydrogen-bond acceptors (Lipinski definition) is 3. The molecule has 0 radical (unpaired) electrons. The van der Waals surface area contributed by atoms with E-state index >= 15 is 0 Å². The Morgan fingerprint density at radius 3 is 2.50 bits per heavy atom. The minimum Gasteiger partial charge on any atom is -0.398 e. The molecule has 0 aliphatic heterocycles. The number of halogens is 1. The molecule has 0 spiro atoms. The SMILES string of the molecule is CC(=O)NNC(=O)c1cc(Cl)cc(C)c1N. The van der Waals surface area contributed by atoms with Gasteiger partial charge in [-0.25, -0.2) is 0 Å². The van der Waals surface area contributed by atoms with Crippen molar-refractivity contribution >= 4 is 29.1 Å². The molecule has 0 bridgehead atoms. The summed E-state index contributed by atoms with van der Waals surface area (Å²) in [5.41, 5.74) is 11.4. The van der Waals surface area contributed by atoms with Gasteiger partial charge < -0.3 is 5.73 Å². The van der Waals surface area contributed by atoms with E-state index in [1.807, 2.05) is 0 Å². The predicted molar refractivity (Wildman–Crippen MR) is 61.9 cm³/mol. The molecule has 0 saturated heterocycles. The van der Waals surface area contributed by atoms with Crippen molar-refractivity contribution in [3.8, 4) is 0 Å². The van der Waals surface area contributed by atoms with Crippen molar-refractivity contribution in [2.45, 2.75) is 13.8 Å². The molecule has 0 aliphatic rings. The van der Waals surface area contributed by atoms with Gasteiger partial charge in [-0.1, -0.05) is 11.6 Å². The maximum atomic E-state index is 11.6. The molecule has 1 aromatic rings. The van der Waals surface area contributed by atoms with E-state index in [0.29, 0.717) is 16.3 Å². The van der Waals surface area contributed by atoms with Crippen molar-refractivity contribution in [2.24, 2.45) is 0 Å². The number of anilines is 1. The van der Waals surface area contributed by atoms with Crippen LogP contribution >= 0.6 is 11.6 Å². The number of nitrogens with two attached hydrogens (primary N) is 1. The van der Waals surface area contributed by atoms with Crippen LogP contribution in [0.5, 0.6) is 0 Å². The normalized spacial score (nSPS) is 9.69. The summed E-state index contributed by atoms with van der Waals surface area (Å²) < 4.78 is 0. The summed E-state index contributed by atoms with van der Waals surface area (Å²) in [6.07, 6.45) is 0. The second kappa shape index (κ2) is 4.85. The third-order valence-electron chi connectivity index (χ3n) is 1.95. The van der Waals surface area contributed by atoms with E-state index in [9.17, 15) is 9.59 Å². The van der Waals surface area contributed by atoms with Crippen LogP contribution in [-0.4, -0.2) is 11.8 Å². The van der Waals surface area contributed by atoms with Gasteiger partial charge in [-0.2, -0.15) is 0 Å². The highest BCUT2D eigenvalue weighted by Gasteiger charge is 2.12. The fourth-order valence-corrected chi connectivity index (χ4v) is 1.43. The van der Waals surface area contributed by atoms with Crippen LogP contribution in [0.2, 0.25) is 5.02 Å². The second-order valence-electron chi connectivity index (χ2n) is 3.32. The van der Waals surface area contributed by atoms with Crippen LogP contribution < -0.4 is 16.6 Å². The molecular formula is C10H12ClN3O2. The Morgan fingerprint density at radius 2 is 1.94 bits per heavy atom. The topological polar surface area (TPSA) is 84.2 Å². The average Bonchev–Trinajstić information content (AvgIpc) is 2.19. The Labute approximate surface area is 97.9 Å². The number of nitrogen functional groups attached to an aromatic ring is 1. The molecule has 16 heavy (non-hydrogen) atoms. The van der Waals surface area contributed by atoms with Gasteiger partial charge in [0.05, 0.1) is 5.56 Å². The van der Waals surface area contributed by atoms with Crippen molar-refractivity contribution < 1.29 is 9.59 Å². The first-order valence-electron chi connectivity index (χ1n) is 4.54. The van der Waals surface area contributed by atoms with E-state index < -0.39 is 5.91 Å². The number of hydrogen-bond donors (Lipinski definition) is 3. The predicted octanol–water partition coefficient (Wildman–Crippen LogP) is 1.01. The molecule has 0 saturated carbocycles. The standard InChI is InChI=1S/C10H12ClN3O2/c1-5-3-7(11)4-8(9(5)12)10(16)14-13-6(2)15/h3-4H,12H2,1-2H3,(H,13,15)(H,14,16). The first-order chi connectivity index (χ1) is 7.41. The lowest BCUT2D eigenvalue weighted by Crippen LogP contribution is -2.40. The number of benzene rings is 1. The molecular weight excluding hydrogens is 230 g/mol. The van der Waals surface area contributed by atoms with Gasteiger partial charge in [-0.15, -0.1) is 0 Å². The first-order valence-corrected chi connectivity index (χ1v) is 4.92. The number of aryl methyl sites for hydroxylation is 1. The summed E-state index contributed by atoms with van der Waals surface area (Å²) in [6.45, 7) is 3.03. The van der Waals surface area contributed by atoms with Gasteiger partial charge in [0, 0.05) is 17.6 Å². The van der Waals surface area contributed by atoms with Crippen molar-refractivity contribution in [3.05, 3.63) is 28.3 Å². The van der Waals surface area contributed by atoms with Crippen LogP contribution in [0, 0.1) is 6.92 Å². The molecule has 2 amide bonds. The van der Waals surface area contributed by atoms with Crippen molar-refractivity contribution in [3.63, 3.8) is 0 Å². The van der Waals surface area contributed by atoms with E-state index in [1.54, 1.807) is 13.0 Å². The minimum atomic E-state index is -0.502. The van der Waals surface area contributed by atoms with Crippen LogP contribution in [0.15, 0.2) is 12.1 Å². The molecule has 0 unspecified atom stereocenters. The van der Waals surface area contributed by atoms with Gasteiger partial charge in [-0.05, 0) is 24.6 Å². The van der Waals surface area contributed by atoms with Crippen LogP contribution in [0.1, 0.15) is 22.8 Å². The van der Waals surface area contributed by atoms with Crippen LogP contribution in [0.4, 0.5) is 5.69 Å². The highest BCUT2D eigenvalue weighted by Crippen LogP contribution is 2.22. The fourth-order valence-electron chi connectivity index (χ4n) is 1.15. The number of nitrogens with one attached hydrogen (secondary N) is 2. The second-order valence-corrected chi connectivity index (χ2v) is 3.76. The lowest BCUT2D eigenvalue weighted by Gasteiger charge is -2.10. The molecule has 0 aromatic heterocycles. The number of hydrazine groups is 1. The zero-order valence-corrected chi connectivity index (χ0v) is 9.68.